The van der Waals surface area contributed by atoms with E-state index in [4.69, 9.17) is 4.74 Å². The fourth-order valence-electron chi connectivity index (χ4n) is 0.814. The van der Waals surface area contributed by atoms with Crippen molar-refractivity contribution in [3.63, 3.8) is 0 Å². The maximum atomic E-state index is 12.9. The van der Waals surface area contributed by atoms with Crippen LogP contribution in [0.25, 0.3) is 0 Å². The van der Waals surface area contributed by atoms with Crippen molar-refractivity contribution in [1.82, 2.24) is 4.98 Å². The quantitative estimate of drug-likeness (QED) is 0.526. The number of hydrogen-bond acceptors (Lipinski definition) is 2. The van der Waals surface area contributed by atoms with Crippen LogP contribution in [0.3, 0.4) is 0 Å². The molecule has 0 fully saturated rings. The minimum Gasteiger partial charge on any atom is -0.488 e. The molecule has 13 heavy (non-hydrogen) atoms. The molecule has 0 spiro atoms. The van der Waals surface area contributed by atoms with Crippen molar-refractivity contribution in [2.24, 2.45) is 0 Å². The first-order chi connectivity index (χ1) is 6.20. The molecule has 0 unspecified atom stereocenters. The maximum Gasteiger partial charge on any atom is 0.255 e. The highest BCUT2D eigenvalue weighted by Gasteiger charge is 2.01. The predicted molar refractivity (Wildman–Crippen MR) is 49.1 cm³/mol. The molecule has 0 aliphatic rings. The third-order valence-electron chi connectivity index (χ3n) is 1.51. The number of pyridine rings is 1. The average Bonchev–Trinajstić information content (AvgIpc) is 2.08. The molecule has 0 atom stereocenters. The summed E-state index contributed by atoms with van der Waals surface area (Å²) < 4.78 is 18.0. The van der Waals surface area contributed by atoms with Crippen LogP contribution in [0.4, 0.5) is 4.39 Å². The second-order valence-electron chi connectivity index (χ2n) is 2.85. The van der Waals surface area contributed by atoms with Gasteiger partial charge in [-0.05, 0) is 19.1 Å². The SMILES string of the molecule is C=C(C)CCOc1cccnc1F. The van der Waals surface area contributed by atoms with E-state index in [1.807, 2.05) is 6.92 Å². The van der Waals surface area contributed by atoms with E-state index >= 15 is 0 Å². The fourth-order valence-corrected chi connectivity index (χ4v) is 0.814. The molecule has 1 aromatic rings. The molecule has 0 aliphatic carbocycles. The first kappa shape index (κ1) is 9.71. The lowest BCUT2D eigenvalue weighted by atomic mass is 10.3. The second kappa shape index (κ2) is 4.60. The Kier molecular flexibility index (Phi) is 3.43. The number of ether oxygens (including phenoxy) is 1. The van der Waals surface area contributed by atoms with Gasteiger partial charge < -0.3 is 4.74 Å². The standard InChI is InChI=1S/C10H12FNO/c1-8(2)5-7-13-9-4-3-6-12-10(9)11/h3-4,6H,1,5,7H2,2H3. The van der Waals surface area contributed by atoms with Gasteiger partial charge in [-0.25, -0.2) is 4.98 Å². The summed E-state index contributed by atoms with van der Waals surface area (Å²) in [6.07, 6.45) is 2.12. The van der Waals surface area contributed by atoms with Crippen molar-refractivity contribution >= 4 is 0 Å². The Bertz CT molecular complexity index is 299. The van der Waals surface area contributed by atoms with Gasteiger partial charge in [-0.1, -0.05) is 5.57 Å². The van der Waals surface area contributed by atoms with Gasteiger partial charge in [0.1, 0.15) is 0 Å². The summed E-state index contributed by atoms with van der Waals surface area (Å²) in [6.45, 7) is 6.07. The van der Waals surface area contributed by atoms with Crippen LogP contribution in [0.1, 0.15) is 13.3 Å². The van der Waals surface area contributed by atoms with Gasteiger partial charge in [-0.15, -0.1) is 6.58 Å². The number of rotatable bonds is 4. The molecule has 0 radical (unpaired) electrons. The van der Waals surface area contributed by atoms with Gasteiger partial charge in [-0.3, -0.25) is 0 Å². The van der Waals surface area contributed by atoms with E-state index in [0.717, 1.165) is 12.0 Å². The zero-order valence-electron chi connectivity index (χ0n) is 7.59. The number of halogens is 1. The molecule has 1 heterocycles. The van der Waals surface area contributed by atoms with Gasteiger partial charge in [0, 0.05) is 12.6 Å². The van der Waals surface area contributed by atoms with E-state index in [1.54, 1.807) is 12.1 Å². The minimum atomic E-state index is -0.566. The van der Waals surface area contributed by atoms with E-state index in [9.17, 15) is 4.39 Å². The molecule has 0 aromatic carbocycles. The van der Waals surface area contributed by atoms with Crippen molar-refractivity contribution in [3.8, 4) is 5.75 Å². The molecule has 0 N–H and O–H groups in total. The highest BCUT2D eigenvalue weighted by atomic mass is 19.1. The first-order valence-corrected chi connectivity index (χ1v) is 4.08. The molecule has 1 rings (SSSR count). The zero-order valence-corrected chi connectivity index (χ0v) is 7.59. The van der Waals surface area contributed by atoms with Crippen LogP contribution in [-0.2, 0) is 0 Å². The van der Waals surface area contributed by atoms with Gasteiger partial charge >= 0.3 is 0 Å². The first-order valence-electron chi connectivity index (χ1n) is 4.08. The van der Waals surface area contributed by atoms with Gasteiger partial charge in [0.25, 0.3) is 5.95 Å². The van der Waals surface area contributed by atoms with Gasteiger partial charge in [0.05, 0.1) is 6.61 Å². The Balaban J connectivity index is 2.45. The number of nitrogens with zero attached hydrogens (tertiary/aromatic N) is 1. The number of aromatic nitrogens is 1. The van der Waals surface area contributed by atoms with Crippen molar-refractivity contribution in [2.45, 2.75) is 13.3 Å². The van der Waals surface area contributed by atoms with E-state index in [2.05, 4.69) is 11.6 Å². The van der Waals surface area contributed by atoms with Crippen molar-refractivity contribution in [2.75, 3.05) is 6.61 Å². The Morgan fingerprint density at radius 2 is 2.46 bits per heavy atom. The Labute approximate surface area is 77.1 Å². The highest BCUT2D eigenvalue weighted by Crippen LogP contribution is 2.13. The molecule has 2 nitrogen and oxygen atoms in total. The van der Waals surface area contributed by atoms with Gasteiger partial charge in [0.15, 0.2) is 5.75 Å². The summed E-state index contributed by atoms with van der Waals surface area (Å²) in [4.78, 5) is 3.46. The lowest BCUT2D eigenvalue weighted by Crippen LogP contribution is -2.00. The summed E-state index contributed by atoms with van der Waals surface area (Å²) in [5.41, 5.74) is 1.02. The summed E-state index contributed by atoms with van der Waals surface area (Å²) in [5.74, 6) is -0.368. The van der Waals surface area contributed by atoms with Crippen molar-refractivity contribution in [3.05, 3.63) is 36.4 Å². The van der Waals surface area contributed by atoms with Crippen LogP contribution in [-0.4, -0.2) is 11.6 Å². The summed E-state index contributed by atoms with van der Waals surface area (Å²) in [6, 6.07) is 3.19. The molecule has 1 aromatic heterocycles. The lowest BCUT2D eigenvalue weighted by Gasteiger charge is -2.05. The van der Waals surface area contributed by atoms with Crippen LogP contribution in [0.15, 0.2) is 30.5 Å². The summed E-state index contributed by atoms with van der Waals surface area (Å²) >= 11 is 0. The molecule has 3 heteroatoms. The largest absolute Gasteiger partial charge is 0.488 e. The van der Waals surface area contributed by atoms with E-state index < -0.39 is 5.95 Å². The number of hydrogen-bond donors (Lipinski definition) is 0. The summed E-state index contributed by atoms with van der Waals surface area (Å²) in [7, 11) is 0. The third kappa shape index (κ3) is 3.23. The van der Waals surface area contributed by atoms with Crippen LogP contribution in [0.2, 0.25) is 0 Å². The summed E-state index contributed by atoms with van der Waals surface area (Å²) in [5, 5.41) is 0. The van der Waals surface area contributed by atoms with Crippen molar-refractivity contribution < 1.29 is 9.13 Å². The lowest BCUT2D eigenvalue weighted by molar-refractivity contribution is 0.300. The van der Waals surface area contributed by atoms with Gasteiger partial charge in [0.2, 0.25) is 0 Å². The normalized spacial score (nSPS) is 9.69. The van der Waals surface area contributed by atoms with Crippen LogP contribution in [0.5, 0.6) is 5.75 Å². The average molecular weight is 181 g/mol. The van der Waals surface area contributed by atoms with E-state index in [-0.39, 0.29) is 5.75 Å². The van der Waals surface area contributed by atoms with E-state index in [0.29, 0.717) is 6.61 Å². The zero-order chi connectivity index (χ0) is 9.68. The monoisotopic (exact) mass is 181 g/mol. The molecule has 0 aliphatic heterocycles. The topological polar surface area (TPSA) is 22.1 Å². The fraction of sp³-hybridized carbons (Fsp3) is 0.300. The molecule has 70 valence electrons. The van der Waals surface area contributed by atoms with Crippen LogP contribution < -0.4 is 4.74 Å². The molecular weight excluding hydrogens is 169 g/mol. The van der Waals surface area contributed by atoms with E-state index in [1.165, 1.54) is 6.20 Å². The molecule has 0 saturated heterocycles. The maximum absolute atomic E-state index is 12.9. The molecule has 0 bridgehead atoms. The van der Waals surface area contributed by atoms with Gasteiger partial charge in [-0.2, -0.15) is 4.39 Å². The molecule has 0 saturated carbocycles. The Morgan fingerprint density at radius 3 is 3.08 bits per heavy atom. The molecular formula is C10H12FNO. The highest BCUT2D eigenvalue weighted by molar-refractivity contribution is 5.17. The smallest absolute Gasteiger partial charge is 0.255 e. The Hall–Kier alpha value is -1.38. The Morgan fingerprint density at radius 1 is 1.69 bits per heavy atom. The third-order valence-corrected chi connectivity index (χ3v) is 1.51. The van der Waals surface area contributed by atoms with Crippen LogP contribution in [0, 0.1) is 5.95 Å². The second-order valence-corrected chi connectivity index (χ2v) is 2.85. The van der Waals surface area contributed by atoms with Crippen molar-refractivity contribution in [1.29, 1.82) is 0 Å². The predicted octanol–water partition coefficient (Wildman–Crippen LogP) is 2.57. The minimum absolute atomic E-state index is 0.198. The molecule has 0 amide bonds. The van der Waals surface area contributed by atoms with Crippen LogP contribution >= 0.6 is 0 Å².